The van der Waals surface area contributed by atoms with Gasteiger partial charge in [0.1, 0.15) is 11.9 Å². The third-order valence-corrected chi connectivity index (χ3v) is 3.75. The predicted octanol–water partition coefficient (Wildman–Crippen LogP) is 1.33. The Kier molecular flexibility index (Phi) is 4.01. The summed E-state index contributed by atoms with van der Waals surface area (Å²) in [6.45, 7) is 2.50. The van der Waals surface area contributed by atoms with E-state index < -0.39 is 6.10 Å². The van der Waals surface area contributed by atoms with Gasteiger partial charge in [0, 0.05) is 6.42 Å². The number of aliphatic hydroxyl groups excluding tert-OH is 1. The number of benzene rings is 1. The van der Waals surface area contributed by atoms with E-state index in [0.717, 1.165) is 25.2 Å². The molecule has 1 aromatic rings. The van der Waals surface area contributed by atoms with Gasteiger partial charge in [-0.3, -0.25) is 0 Å². The van der Waals surface area contributed by atoms with Gasteiger partial charge in [-0.15, -0.1) is 0 Å². The molecule has 0 aromatic heterocycles. The van der Waals surface area contributed by atoms with Crippen LogP contribution in [0.2, 0.25) is 0 Å². The van der Waals surface area contributed by atoms with E-state index >= 15 is 0 Å². The molecule has 104 valence electrons. The standard InChI is InChI=1S/C15H20O4/c16-13(15-10-17-7-8-19-15)3-1-11-2-4-14-12(9-11)5-6-18-14/h2,4,9,13,15-16H,1,3,5-8,10H2. The highest BCUT2D eigenvalue weighted by Crippen LogP contribution is 2.26. The van der Waals surface area contributed by atoms with Crippen LogP contribution in [0.15, 0.2) is 18.2 Å². The van der Waals surface area contributed by atoms with Crippen LogP contribution in [0, 0.1) is 0 Å². The second kappa shape index (κ2) is 5.90. The van der Waals surface area contributed by atoms with Gasteiger partial charge in [0.25, 0.3) is 0 Å². The first kappa shape index (κ1) is 12.9. The quantitative estimate of drug-likeness (QED) is 0.891. The predicted molar refractivity (Wildman–Crippen MR) is 70.5 cm³/mol. The maximum atomic E-state index is 10.1. The molecular weight excluding hydrogens is 244 g/mol. The molecule has 2 aliphatic heterocycles. The molecule has 1 aromatic carbocycles. The van der Waals surface area contributed by atoms with Crippen molar-refractivity contribution in [1.82, 2.24) is 0 Å². The van der Waals surface area contributed by atoms with Gasteiger partial charge >= 0.3 is 0 Å². The Balaban J connectivity index is 1.53. The number of aryl methyl sites for hydroxylation is 1. The zero-order valence-electron chi connectivity index (χ0n) is 11.0. The van der Waals surface area contributed by atoms with Crippen LogP contribution < -0.4 is 4.74 Å². The smallest absolute Gasteiger partial charge is 0.122 e. The molecule has 0 saturated carbocycles. The molecule has 4 heteroatoms. The summed E-state index contributed by atoms with van der Waals surface area (Å²) >= 11 is 0. The van der Waals surface area contributed by atoms with Crippen molar-refractivity contribution in [2.75, 3.05) is 26.4 Å². The average Bonchev–Trinajstić information content (AvgIpc) is 2.93. The maximum Gasteiger partial charge on any atom is 0.122 e. The number of ether oxygens (including phenoxy) is 3. The fourth-order valence-corrected chi connectivity index (χ4v) is 2.62. The number of rotatable bonds is 4. The van der Waals surface area contributed by atoms with Crippen LogP contribution in [-0.2, 0) is 22.3 Å². The zero-order chi connectivity index (χ0) is 13.1. The summed E-state index contributed by atoms with van der Waals surface area (Å²) in [6.07, 6.45) is 1.92. The summed E-state index contributed by atoms with van der Waals surface area (Å²) in [5, 5.41) is 10.1. The van der Waals surface area contributed by atoms with Crippen molar-refractivity contribution >= 4 is 0 Å². The van der Waals surface area contributed by atoms with Crippen molar-refractivity contribution in [3.8, 4) is 5.75 Å². The first-order chi connectivity index (χ1) is 9.33. The summed E-state index contributed by atoms with van der Waals surface area (Å²) < 4.78 is 16.3. The van der Waals surface area contributed by atoms with E-state index in [-0.39, 0.29) is 6.10 Å². The lowest BCUT2D eigenvalue weighted by atomic mass is 10.0. The van der Waals surface area contributed by atoms with Gasteiger partial charge < -0.3 is 19.3 Å². The zero-order valence-corrected chi connectivity index (χ0v) is 11.0. The van der Waals surface area contributed by atoms with E-state index in [9.17, 15) is 5.11 Å². The third-order valence-electron chi connectivity index (χ3n) is 3.75. The summed E-state index contributed by atoms with van der Waals surface area (Å²) in [5.74, 6) is 1.01. The SMILES string of the molecule is OC(CCc1ccc2c(c1)CCO2)C1COCCO1. The maximum absolute atomic E-state index is 10.1. The Hall–Kier alpha value is -1.10. The molecule has 19 heavy (non-hydrogen) atoms. The topological polar surface area (TPSA) is 47.9 Å². The van der Waals surface area contributed by atoms with Gasteiger partial charge in [0.15, 0.2) is 0 Å². The Morgan fingerprint density at radius 1 is 1.26 bits per heavy atom. The van der Waals surface area contributed by atoms with Crippen LogP contribution in [0.5, 0.6) is 5.75 Å². The monoisotopic (exact) mass is 264 g/mol. The normalized spacial score (nSPS) is 23.7. The average molecular weight is 264 g/mol. The second-order valence-corrected chi connectivity index (χ2v) is 5.13. The minimum Gasteiger partial charge on any atom is -0.493 e. The molecule has 0 spiro atoms. The van der Waals surface area contributed by atoms with Gasteiger partial charge in [0.2, 0.25) is 0 Å². The Labute approximate surface area is 113 Å². The van der Waals surface area contributed by atoms with Crippen LogP contribution >= 0.6 is 0 Å². The van der Waals surface area contributed by atoms with E-state index in [1.165, 1.54) is 11.1 Å². The fourth-order valence-electron chi connectivity index (χ4n) is 2.62. The van der Waals surface area contributed by atoms with Gasteiger partial charge in [-0.25, -0.2) is 0 Å². The minimum absolute atomic E-state index is 0.175. The Morgan fingerprint density at radius 2 is 2.21 bits per heavy atom. The highest BCUT2D eigenvalue weighted by Gasteiger charge is 2.23. The highest BCUT2D eigenvalue weighted by molar-refractivity contribution is 5.39. The molecule has 1 saturated heterocycles. The Bertz CT molecular complexity index is 426. The second-order valence-electron chi connectivity index (χ2n) is 5.13. The molecule has 2 unspecified atom stereocenters. The number of fused-ring (bicyclic) bond motifs is 1. The molecule has 2 heterocycles. The first-order valence-electron chi connectivity index (χ1n) is 6.95. The number of hydrogen-bond donors (Lipinski definition) is 1. The molecule has 2 aliphatic rings. The lowest BCUT2D eigenvalue weighted by Gasteiger charge is -2.27. The van der Waals surface area contributed by atoms with Crippen molar-refractivity contribution in [3.05, 3.63) is 29.3 Å². The summed E-state index contributed by atoms with van der Waals surface area (Å²) in [4.78, 5) is 0. The molecule has 0 radical (unpaired) electrons. The molecule has 0 bridgehead atoms. The van der Waals surface area contributed by atoms with Crippen LogP contribution in [0.25, 0.3) is 0 Å². The van der Waals surface area contributed by atoms with E-state index in [2.05, 4.69) is 12.1 Å². The van der Waals surface area contributed by atoms with E-state index in [4.69, 9.17) is 14.2 Å². The highest BCUT2D eigenvalue weighted by atomic mass is 16.6. The van der Waals surface area contributed by atoms with Gasteiger partial charge in [-0.2, -0.15) is 0 Å². The largest absolute Gasteiger partial charge is 0.493 e. The third kappa shape index (κ3) is 3.08. The van der Waals surface area contributed by atoms with Crippen molar-refractivity contribution in [2.45, 2.75) is 31.5 Å². The van der Waals surface area contributed by atoms with E-state index in [1.807, 2.05) is 6.07 Å². The van der Waals surface area contributed by atoms with E-state index in [1.54, 1.807) is 0 Å². The fraction of sp³-hybridized carbons (Fsp3) is 0.600. The number of hydrogen-bond acceptors (Lipinski definition) is 4. The molecule has 2 atom stereocenters. The van der Waals surface area contributed by atoms with Gasteiger partial charge in [0.05, 0.1) is 32.5 Å². The van der Waals surface area contributed by atoms with E-state index in [0.29, 0.717) is 26.2 Å². The molecule has 0 aliphatic carbocycles. The van der Waals surface area contributed by atoms with Crippen LogP contribution in [0.3, 0.4) is 0 Å². The van der Waals surface area contributed by atoms with Crippen molar-refractivity contribution in [3.63, 3.8) is 0 Å². The van der Waals surface area contributed by atoms with Crippen LogP contribution in [0.4, 0.5) is 0 Å². The summed E-state index contributed by atoms with van der Waals surface area (Å²) in [5.41, 5.74) is 2.53. The van der Waals surface area contributed by atoms with Crippen molar-refractivity contribution in [1.29, 1.82) is 0 Å². The van der Waals surface area contributed by atoms with Crippen LogP contribution in [-0.4, -0.2) is 43.7 Å². The molecule has 1 fully saturated rings. The van der Waals surface area contributed by atoms with Gasteiger partial charge in [-0.05, 0) is 30.0 Å². The summed E-state index contributed by atoms with van der Waals surface area (Å²) in [7, 11) is 0. The lowest BCUT2D eigenvalue weighted by molar-refractivity contribution is -0.133. The van der Waals surface area contributed by atoms with Crippen molar-refractivity contribution in [2.24, 2.45) is 0 Å². The van der Waals surface area contributed by atoms with Gasteiger partial charge in [-0.1, -0.05) is 12.1 Å². The minimum atomic E-state index is -0.454. The molecule has 1 N–H and O–H groups in total. The van der Waals surface area contributed by atoms with Crippen molar-refractivity contribution < 1.29 is 19.3 Å². The molecular formula is C15H20O4. The number of aliphatic hydroxyl groups is 1. The lowest BCUT2D eigenvalue weighted by Crippen LogP contribution is -2.38. The Morgan fingerprint density at radius 3 is 3.05 bits per heavy atom. The molecule has 4 nitrogen and oxygen atoms in total. The molecule has 0 amide bonds. The molecule has 3 rings (SSSR count). The first-order valence-corrected chi connectivity index (χ1v) is 6.95. The summed E-state index contributed by atoms with van der Waals surface area (Å²) in [6, 6.07) is 6.30. The van der Waals surface area contributed by atoms with Crippen LogP contribution in [0.1, 0.15) is 17.5 Å².